The zero-order valence-corrected chi connectivity index (χ0v) is 13.3. The van der Waals surface area contributed by atoms with Gasteiger partial charge in [-0.05, 0) is 41.3 Å². The Morgan fingerprint density at radius 1 is 1.04 bits per heavy atom. The highest BCUT2D eigenvalue weighted by molar-refractivity contribution is 7.13. The van der Waals surface area contributed by atoms with E-state index in [-0.39, 0.29) is 5.91 Å². The number of benzene rings is 1. The van der Waals surface area contributed by atoms with E-state index in [2.05, 4.69) is 25.7 Å². The lowest BCUT2D eigenvalue weighted by Crippen LogP contribution is -2.12. The standard InChI is InChI=1S/C17H13N5OS/c23-17(15-10-14(21-22-15)16-2-1-9-24-16)19-12-5-3-11(4-6-12)13-7-8-18-20-13/h1-10H,(H,18,20)(H,19,23)(H,21,22). The van der Waals surface area contributed by atoms with Gasteiger partial charge in [0, 0.05) is 11.9 Å². The highest BCUT2D eigenvalue weighted by Gasteiger charge is 2.12. The van der Waals surface area contributed by atoms with Crippen LogP contribution in [0.1, 0.15) is 10.5 Å². The van der Waals surface area contributed by atoms with Gasteiger partial charge in [0.05, 0.1) is 16.3 Å². The molecule has 6 nitrogen and oxygen atoms in total. The SMILES string of the molecule is O=C(Nc1ccc(-c2ccn[nH]2)cc1)c1cc(-c2cccs2)[nH]n1. The summed E-state index contributed by atoms with van der Waals surface area (Å²) in [6.07, 6.45) is 1.70. The summed E-state index contributed by atoms with van der Waals surface area (Å²) in [7, 11) is 0. The van der Waals surface area contributed by atoms with E-state index in [0.717, 1.165) is 21.8 Å². The van der Waals surface area contributed by atoms with Crippen LogP contribution in [0, 0.1) is 0 Å². The lowest BCUT2D eigenvalue weighted by molar-refractivity contribution is 0.102. The minimum atomic E-state index is -0.247. The molecule has 3 aromatic heterocycles. The number of carbonyl (C=O) groups excluding carboxylic acids is 1. The fourth-order valence-corrected chi connectivity index (χ4v) is 3.03. The van der Waals surface area contributed by atoms with Crippen molar-refractivity contribution in [2.24, 2.45) is 0 Å². The number of aromatic amines is 2. The van der Waals surface area contributed by atoms with Crippen LogP contribution in [0.15, 0.2) is 60.1 Å². The Bertz CT molecular complexity index is 939. The molecule has 0 radical (unpaired) electrons. The van der Waals surface area contributed by atoms with Gasteiger partial charge < -0.3 is 5.32 Å². The number of aromatic nitrogens is 4. The average Bonchev–Trinajstić information content (AvgIpc) is 3.35. The van der Waals surface area contributed by atoms with Crippen molar-refractivity contribution in [3.63, 3.8) is 0 Å². The Labute approximate surface area is 141 Å². The van der Waals surface area contributed by atoms with E-state index in [1.54, 1.807) is 23.6 Å². The first-order chi connectivity index (χ1) is 11.8. The molecule has 0 saturated carbocycles. The number of nitrogens with zero attached hydrogens (tertiary/aromatic N) is 2. The van der Waals surface area contributed by atoms with E-state index >= 15 is 0 Å². The number of rotatable bonds is 4. The van der Waals surface area contributed by atoms with Gasteiger partial charge in [-0.3, -0.25) is 15.0 Å². The third kappa shape index (κ3) is 2.84. The molecule has 24 heavy (non-hydrogen) atoms. The molecule has 3 heterocycles. The summed E-state index contributed by atoms with van der Waals surface area (Å²) in [5.41, 5.74) is 3.84. The van der Waals surface area contributed by atoms with Crippen LogP contribution in [-0.4, -0.2) is 26.3 Å². The van der Waals surface area contributed by atoms with E-state index in [1.165, 1.54) is 0 Å². The first kappa shape index (κ1) is 14.4. The van der Waals surface area contributed by atoms with Crippen LogP contribution < -0.4 is 5.32 Å². The molecule has 3 N–H and O–H groups in total. The van der Waals surface area contributed by atoms with Gasteiger partial charge in [-0.1, -0.05) is 18.2 Å². The number of hydrogen-bond acceptors (Lipinski definition) is 4. The van der Waals surface area contributed by atoms with Gasteiger partial charge in [0.15, 0.2) is 5.69 Å². The lowest BCUT2D eigenvalue weighted by Gasteiger charge is -2.04. The molecule has 0 aliphatic heterocycles. The number of nitrogens with one attached hydrogen (secondary N) is 3. The molecule has 0 atom stereocenters. The van der Waals surface area contributed by atoms with Crippen LogP contribution in [-0.2, 0) is 0 Å². The molecule has 0 fully saturated rings. The molecule has 0 aliphatic carbocycles. The summed E-state index contributed by atoms with van der Waals surface area (Å²) >= 11 is 1.59. The Hall–Kier alpha value is -3.19. The van der Waals surface area contributed by atoms with Crippen molar-refractivity contribution in [3.05, 3.63) is 65.8 Å². The van der Waals surface area contributed by atoms with E-state index in [9.17, 15) is 4.79 Å². The summed E-state index contributed by atoms with van der Waals surface area (Å²) in [4.78, 5) is 13.4. The maximum atomic E-state index is 12.3. The van der Waals surface area contributed by atoms with Crippen molar-refractivity contribution < 1.29 is 4.79 Å². The minimum Gasteiger partial charge on any atom is -0.321 e. The van der Waals surface area contributed by atoms with Crippen molar-refractivity contribution in [3.8, 4) is 21.8 Å². The second-order valence-corrected chi connectivity index (χ2v) is 6.09. The molecule has 4 aromatic rings. The fourth-order valence-electron chi connectivity index (χ4n) is 2.34. The normalized spacial score (nSPS) is 10.7. The lowest BCUT2D eigenvalue weighted by atomic mass is 10.1. The van der Waals surface area contributed by atoms with E-state index in [1.807, 2.05) is 47.8 Å². The van der Waals surface area contributed by atoms with Gasteiger partial charge in [0.2, 0.25) is 0 Å². The summed E-state index contributed by atoms with van der Waals surface area (Å²) < 4.78 is 0. The molecular formula is C17H13N5OS. The first-order valence-electron chi connectivity index (χ1n) is 7.30. The van der Waals surface area contributed by atoms with Gasteiger partial charge in [-0.25, -0.2) is 0 Å². The maximum Gasteiger partial charge on any atom is 0.276 e. The maximum absolute atomic E-state index is 12.3. The summed E-state index contributed by atoms with van der Waals surface area (Å²) in [5.74, 6) is -0.247. The molecule has 1 aromatic carbocycles. The fraction of sp³-hybridized carbons (Fsp3) is 0. The van der Waals surface area contributed by atoms with Crippen LogP contribution in [0.4, 0.5) is 5.69 Å². The first-order valence-corrected chi connectivity index (χ1v) is 8.18. The Balaban J connectivity index is 1.48. The molecule has 0 saturated heterocycles. The number of thiophene rings is 1. The molecule has 7 heteroatoms. The zero-order chi connectivity index (χ0) is 16.4. The molecule has 0 aliphatic rings. The van der Waals surface area contributed by atoms with Gasteiger partial charge in [-0.15, -0.1) is 11.3 Å². The largest absolute Gasteiger partial charge is 0.321 e. The smallest absolute Gasteiger partial charge is 0.276 e. The van der Waals surface area contributed by atoms with Crippen LogP contribution in [0.2, 0.25) is 0 Å². The average molecular weight is 335 g/mol. The van der Waals surface area contributed by atoms with Crippen LogP contribution >= 0.6 is 11.3 Å². The van der Waals surface area contributed by atoms with Gasteiger partial charge in [0.25, 0.3) is 5.91 Å². The minimum absolute atomic E-state index is 0.247. The second-order valence-electron chi connectivity index (χ2n) is 5.15. The second kappa shape index (κ2) is 6.13. The zero-order valence-electron chi connectivity index (χ0n) is 12.5. The third-order valence-corrected chi connectivity index (χ3v) is 4.45. The van der Waals surface area contributed by atoms with Gasteiger partial charge in [-0.2, -0.15) is 10.2 Å². The number of carbonyl (C=O) groups is 1. The van der Waals surface area contributed by atoms with Crippen LogP contribution in [0.25, 0.3) is 21.8 Å². The number of hydrogen-bond donors (Lipinski definition) is 3. The summed E-state index contributed by atoms with van der Waals surface area (Å²) in [6.45, 7) is 0. The van der Waals surface area contributed by atoms with Crippen molar-refractivity contribution in [1.82, 2.24) is 20.4 Å². The topological polar surface area (TPSA) is 86.5 Å². The summed E-state index contributed by atoms with van der Waals surface area (Å²) in [5, 5.41) is 18.6. The van der Waals surface area contributed by atoms with Crippen molar-refractivity contribution in [2.45, 2.75) is 0 Å². The number of amides is 1. The Morgan fingerprint density at radius 3 is 2.62 bits per heavy atom. The van der Waals surface area contributed by atoms with Crippen molar-refractivity contribution >= 4 is 22.9 Å². The van der Waals surface area contributed by atoms with Crippen LogP contribution in [0.5, 0.6) is 0 Å². The van der Waals surface area contributed by atoms with Crippen molar-refractivity contribution in [2.75, 3.05) is 5.32 Å². The third-order valence-electron chi connectivity index (χ3n) is 3.55. The van der Waals surface area contributed by atoms with E-state index in [0.29, 0.717) is 11.4 Å². The van der Waals surface area contributed by atoms with Gasteiger partial charge in [0.1, 0.15) is 0 Å². The van der Waals surface area contributed by atoms with E-state index in [4.69, 9.17) is 0 Å². The number of H-pyrrole nitrogens is 2. The molecule has 1 amide bonds. The van der Waals surface area contributed by atoms with E-state index < -0.39 is 0 Å². The molecule has 0 bridgehead atoms. The Morgan fingerprint density at radius 2 is 1.92 bits per heavy atom. The quantitative estimate of drug-likeness (QED) is 0.530. The monoisotopic (exact) mass is 335 g/mol. The predicted octanol–water partition coefficient (Wildman–Crippen LogP) is 3.78. The molecule has 0 unspecified atom stereocenters. The van der Waals surface area contributed by atoms with Gasteiger partial charge >= 0.3 is 0 Å². The predicted molar refractivity (Wildman–Crippen MR) is 93.9 cm³/mol. The molecular weight excluding hydrogens is 322 g/mol. The van der Waals surface area contributed by atoms with Crippen molar-refractivity contribution in [1.29, 1.82) is 0 Å². The Kier molecular flexibility index (Phi) is 3.68. The molecule has 118 valence electrons. The molecule has 0 spiro atoms. The highest BCUT2D eigenvalue weighted by Crippen LogP contribution is 2.23. The summed E-state index contributed by atoms with van der Waals surface area (Å²) in [6, 6.07) is 15.1. The number of anilines is 1. The molecule has 4 rings (SSSR count). The highest BCUT2D eigenvalue weighted by atomic mass is 32.1. The van der Waals surface area contributed by atoms with Crippen LogP contribution in [0.3, 0.4) is 0 Å².